The zero-order valence-electron chi connectivity index (χ0n) is 14.3. The van der Waals surface area contributed by atoms with E-state index in [-0.39, 0.29) is 5.91 Å². The number of nitrogens with one attached hydrogen (secondary N) is 2. The second kappa shape index (κ2) is 8.86. The van der Waals surface area contributed by atoms with Gasteiger partial charge in [-0.25, -0.2) is 4.98 Å². The van der Waals surface area contributed by atoms with Gasteiger partial charge in [0, 0.05) is 23.8 Å². The molecule has 2 N–H and O–H groups in total. The van der Waals surface area contributed by atoms with Crippen molar-refractivity contribution < 1.29 is 4.79 Å². The molecule has 0 unspecified atom stereocenters. The largest absolute Gasteiger partial charge is 0.370 e. The third-order valence-corrected chi connectivity index (χ3v) is 4.81. The second-order valence-corrected chi connectivity index (χ2v) is 6.98. The van der Waals surface area contributed by atoms with Crippen LogP contribution in [0.15, 0.2) is 42.6 Å². The van der Waals surface area contributed by atoms with E-state index in [1.165, 1.54) is 24.8 Å². The van der Waals surface area contributed by atoms with Crippen molar-refractivity contribution in [3.63, 3.8) is 0 Å². The maximum Gasteiger partial charge on any atom is 0.253 e. The average Bonchev–Trinajstić information content (AvgIpc) is 2.63. The Kier molecular flexibility index (Phi) is 6.29. The third-order valence-electron chi connectivity index (χ3n) is 4.57. The summed E-state index contributed by atoms with van der Waals surface area (Å²) >= 11 is 5.99. The predicted octanol–water partition coefficient (Wildman–Crippen LogP) is 4.45. The summed E-state index contributed by atoms with van der Waals surface area (Å²) in [5, 5.41) is 7.14. The first-order valence-corrected chi connectivity index (χ1v) is 9.34. The number of aromatic nitrogens is 1. The van der Waals surface area contributed by atoms with Crippen molar-refractivity contribution in [2.24, 2.45) is 0 Å². The Bertz CT molecular complexity index is 696. The number of carbonyl (C=O) groups excluding carboxylic acids is 1. The second-order valence-electron chi connectivity index (χ2n) is 6.55. The number of nitrogens with zero attached hydrogens (tertiary/aromatic N) is 1. The van der Waals surface area contributed by atoms with Crippen LogP contribution in [0.25, 0.3) is 0 Å². The van der Waals surface area contributed by atoms with Crippen LogP contribution >= 0.6 is 11.6 Å². The molecular formula is C20H24ClN3O. The summed E-state index contributed by atoms with van der Waals surface area (Å²) in [6.07, 6.45) is 8.37. The Labute approximate surface area is 154 Å². The zero-order valence-corrected chi connectivity index (χ0v) is 15.1. The number of hydrogen-bond acceptors (Lipinski definition) is 3. The van der Waals surface area contributed by atoms with Gasteiger partial charge in [0.25, 0.3) is 5.91 Å². The van der Waals surface area contributed by atoms with Crippen molar-refractivity contribution in [2.45, 2.75) is 44.6 Å². The number of carbonyl (C=O) groups is 1. The average molecular weight is 358 g/mol. The summed E-state index contributed by atoms with van der Waals surface area (Å²) in [5.74, 6) is 0.751. The molecular weight excluding hydrogens is 334 g/mol. The van der Waals surface area contributed by atoms with Gasteiger partial charge in [-0.1, -0.05) is 43.0 Å². The van der Waals surface area contributed by atoms with Crippen molar-refractivity contribution >= 4 is 23.3 Å². The van der Waals surface area contributed by atoms with Gasteiger partial charge in [0.15, 0.2) is 0 Å². The Morgan fingerprint density at radius 1 is 1.16 bits per heavy atom. The quantitative estimate of drug-likeness (QED) is 0.802. The predicted molar refractivity (Wildman–Crippen MR) is 102 cm³/mol. The summed E-state index contributed by atoms with van der Waals surface area (Å²) in [4.78, 5) is 16.6. The molecule has 0 atom stereocenters. The minimum Gasteiger partial charge on any atom is -0.370 e. The molecule has 0 aliphatic heterocycles. The maximum absolute atomic E-state index is 12.3. The SMILES string of the molecule is O=C(NC1CCCCC1)c1ccc(NCCc2cccc(Cl)c2)nc1. The van der Waals surface area contributed by atoms with E-state index in [0.717, 1.165) is 36.6 Å². The van der Waals surface area contributed by atoms with Crippen LogP contribution in [0.1, 0.15) is 48.0 Å². The molecule has 132 valence electrons. The van der Waals surface area contributed by atoms with Crippen molar-refractivity contribution in [1.29, 1.82) is 0 Å². The van der Waals surface area contributed by atoms with Crippen LogP contribution in [0, 0.1) is 0 Å². The van der Waals surface area contributed by atoms with Gasteiger partial charge in [0.05, 0.1) is 5.56 Å². The first-order valence-electron chi connectivity index (χ1n) is 8.96. The van der Waals surface area contributed by atoms with Gasteiger partial charge in [-0.15, -0.1) is 0 Å². The maximum atomic E-state index is 12.3. The van der Waals surface area contributed by atoms with Crippen LogP contribution in [0.4, 0.5) is 5.82 Å². The normalized spacial score (nSPS) is 14.9. The van der Waals surface area contributed by atoms with Crippen LogP contribution in [0.5, 0.6) is 0 Å². The van der Waals surface area contributed by atoms with Gasteiger partial charge in [0.1, 0.15) is 5.82 Å². The van der Waals surface area contributed by atoms with E-state index < -0.39 is 0 Å². The van der Waals surface area contributed by atoms with Gasteiger partial charge in [0.2, 0.25) is 0 Å². The molecule has 1 aliphatic rings. The number of amides is 1. The minimum absolute atomic E-state index is 0.0233. The number of halogens is 1. The summed E-state index contributed by atoms with van der Waals surface area (Å²) in [7, 11) is 0. The zero-order chi connectivity index (χ0) is 17.5. The van der Waals surface area contributed by atoms with E-state index in [1.807, 2.05) is 30.3 Å². The Morgan fingerprint density at radius 2 is 2.00 bits per heavy atom. The van der Waals surface area contributed by atoms with Crippen LogP contribution in [-0.2, 0) is 6.42 Å². The van der Waals surface area contributed by atoms with Crippen LogP contribution < -0.4 is 10.6 Å². The Hall–Kier alpha value is -2.07. The fourth-order valence-electron chi connectivity index (χ4n) is 3.18. The van der Waals surface area contributed by atoms with Crippen LogP contribution in [-0.4, -0.2) is 23.5 Å². The number of hydrogen-bond donors (Lipinski definition) is 2. The molecule has 1 heterocycles. The molecule has 0 spiro atoms. The molecule has 1 saturated carbocycles. The molecule has 25 heavy (non-hydrogen) atoms. The lowest BCUT2D eigenvalue weighted by atomic mass is 9.95. The summed E-state index contributed by atoms with van der Waals surface area (Å²) in [5.41, 5.74) is 1.80. The van der Waals surface area contributed by atoms with Gasteiger partial charge in [-0.05, 0) is 49.1 Å². The van der Waals surface area contributed by atoms with Crippen molar-refractivity contribution in [3.05, 3.63) is 58.7 Å². The highest BCUT2D eigenvalue weighted by molar-refractivity contribution is 6.30. The van der Waals surface area contributed by atoms with E-state index in [2.05, 4.69) is 21.7 Å². The van der Waals surface area contributed by atoms with Crippen molar-refractivity contribution in [3.8, 4) is 0 Å². The van der Waals surface area contributed by atoms with Crippen molar-refractivity contribution in [1.82, 2.24) is 10.3 Å². The fraction of sp³-hybridized carbons (Fsp3) is 0.400. The monoisotopic (exact) mass is 357 g/mol. The molecule has 0 radical (unpaired) electrons. The highest BCUT2D eigenvalue weighted by atomic mass is 35.5. The molecule has 1 fully saturated rings. The third kappa shape index (κ3) is 5.46. The lowest BCUT2D eigenvalue weighted by Crippen LogP contribution is -2.36. The molecule has 4 nitrogen and oxygen atoms in total. The lowest BCUT2D eigenvalue weighted by molar-refractivity contribution is 0.0927. The molecule has 1 aliphatic carbocycles. The van der Waals surface area contributed by atoms with Crippen LogP contribution in [0.2, 0.25) is 5.02 Å². The summed E-state index contributed by atoms with van der Waals surface area (Å²) < 4.78 is 0. The van der Waals surface area contributed by atoms with E-state index in [0.29, 0.717) is 11.6 Å². The lowest BCUT2D eigenvalue weighted by Gasteiger charge is -2.22. The molecule has 0 saturated heterocycles. The Balaban J connectivity index is 1.47. The molecule has 1 amide bonds. The Morgan fingerprint density at radius 3 is 2.72 bits per heavy atom. The number of anilines is 1. The van der Waals surface area contributed by atoms with Gasteiger partial charge in [-0.3, -0.25) is 4.79 Å². The van der Waals surface area contributed by atoms with Gasteiger partial charge in [-0.2, -0.15) is 0 Å². The smallest absolute Gasteiger partial charge is 0.253 e. The first-order chi connectivity index (χ1) is 12.2. The standard InChI is InChI=1S/C20H24ClN3O/c21-17-6-4-5-15(13-17)11-12-22-19-10-9-16(14-23-19)20(25)24-18-7-2-1-3-8-18/h4-6,9-10,13-14,18H,1-3,7-8,11-12H2,(H,22,23)(H,24,25). The molecule has 0 bridgehead atoms. The van der Waals surface area contributed by atoms with E-state index in [1.54, 1.807) is 6.20 Å². The fourth-order valence-corrected chi connectivity index (χ4v) is 3.39. The molecule has 5 heteroatoms. The minimum atomic E-state index is -0.0233. The van der Waals surface area contributed by atoms with E-state index in [9.17, 15) is 4.79 Å². The number of rotatable bonds is 6. The molecule has 1 aromatic carbocycles. The molecule has 3 rings (SSSR count). The number of pyridine rings is 1. The summed E-state index contributed by atoms with van der Waals surface area (Å²) in [6, 6.07) is 11.8. The summed E-state index contributed by atoms with van der Waals surface area (Å²) in [6.45, 7) is 0.765. The topological polar surface area (TPSA) is 54.0 Å². The molecule has 1 aromatic heterocycles. The molecule has 2 aromatic rings. The van der Waals surface area contributed by atoms with Crippen molar-refractivity contribution in [2.75, 3.05) is 11.9 Å². The first kappa shape index (κ1) is 17.7. The van der Waals surface area contributed by atoms with Gasteiger partial charge < -0.3 is 10.6 Å². The number of benzene rings is 1. The van der Waals surface area contributed by atoms with Crippen LogP contribution in [0.3, 0.4) is 0 Å². The van der Waals surface area contributed by atoms with Gasteiger partial charge >= 0.3 is 0 Å². The van der Waals surface area contributed by atoms with E-state index in [4.69, 9.17) is 11.6 Å². The highest BCUT2D eigenvalue weighted by Gasteiger charge is 2.16. The highest BCUT2D eigenvalue weighted by Crippen LogP contribution is 2.18. The van der Waals surface area contributed by atoms with E-state index >= 15 is 0 Å².